The zero-order valence-electron chi connectivity index (χ0n) is 7.04. The van der Waals surface area contributed by atoms with Crippen molar-refractivity contribution in [2.24, 2.45) is 0 Å². The zero-order chi connectivity index (χ0) is 8.77. The van der Waals surface area contributed by atoms with Crippen LogP contribution in [0.25, 0.3) is 0 Å². The van der Waals surface area contributed by atoms with Crippen LogP contribution in [0.4, 0.5) is 0 Å². The quantitative estimate of drug-likeness (QED) is 0.663. The maximum absolute atomic E-state index is 9.74. The van der Waals surface area contributed by atoms with E-state index in [1.54, 1.807) is 12.1 Å². The Labute approximate surface area is 71.5 Å². The van der Waals surface area contributed by atoms with Crippen molar-refractivity contribution in [1.29, 1.82) is 0 Å². The van der Waals surface area contributed by atoms with Gasteiger partial charge in [-0.05, 0) is 43.0 Å². The van der Waals surface area contributed by atoms with Gasteiger partial charge in [0.2, 0.25) is 0 Å². The molecule has 1 aliphatic rings. The molecule has 64 valence electrons. The second-order valence-corrected chi connectivity index (χ2v) is 3.59. The molecule has 0 aliphatic heterocycles. The lowest BCUT2D eigenvalue weighted by molar-refractivity contribution is 0.151. The van der Waals surface area contributed by atoms with Crippen molar-refractivity contribution >= 4 is 0 Å². The summed E-state index contributed by atoms with van der Waals surface area (Å²) < 4.78 is 0. The molecule has 0 spiro atoms. The molecular formula is C10H12O2. The van der Waals surface area contributed by atoms with E-state index in [0.29, 0.717) is 0 Å². The molecule has 0 bridgehead atoms. The number of phenols is 1. The third-order valence-corrected chi connectivity index (χ3v) is 2.32. The molecule has 0 atom stereocenters. The number of rotatable bonds is 1. The average molecular weight is 164 g/mol. The predicted octanol–water partition coefficient (Wildman–Crippen LogP) is 1.68. The Kier molecular flexibility index (Phi) is 1.42. The Balaban J connectivity index is 2.44. The summed E-state index contributed by atoms with van der Waals surface area (Å²) in [6.07, 6.45) is 1.63. The highest BCUT2D eigenvalue weighted by molar-refractivity contribution is 5.38. The second kappa shape index (κ2) is 2.23. The summed E-state index contributed by atoms with van der Waals surface area (Å²) >= 11 is 0. The number of hydrogen-bond acceptors (Lipinski definition) is 2. The Bertz CT molecular complexity index is 293. The Morgan fingerprint density at radius 3 is 2.42 bits per heavy atom. The predicted molar refractivity (Wildman–Crippen MR) is 46.0 cm³/mol. The van der Waals surface area contributed by atoms with Crippen molar-refractivity contribution in [3.8, 4) is 5.75 Å². The first-order chi connectivity index (χ1) is 5.60. The summed E-state index contributed by atoms with van der Waals surface area (Å²) in [4.78, 5) is 0. The first kappa shape index (κ1) is 7.62. The first-order valence-electron chi connectivity index (χ1n) is 4.14. The highest BCUT2D eigenvalue weighted by Crippen LogP contribution is 2.46. The van der Waals surface area contributed by atoms with Crippen molar-refractivity contribution < 1.29 is 10.2 Å². The van der Waals surface area contributed by atoms with Crippen molar-refractivity contribution in [3.05, 3.63) is 29.3 Å². The minimum Gasteiger partial charge on any atom is -0.508 e. The minimum absolute atomic E-state index is 0.241. The fourth-order valence-electron chi connectivity index (χ4n) is 1.44. The summed E-state index contributed by atoms with van der Waals surface area (Å²) in [6, 6.07) is 5.25. The Hall–Kier alpha value is -1.02. The third-order valence-electron chi connectivity index (χ3n) is 2.32. The molecule has 2 rings (SSSR count). The number of hydrogen-bond donors (Lipinski definition) is 2. The number of aliphatic hydroxyl groups is 1. The molecule has 2 N–H and O–H groups in total. The van der Waals surface area contributed by atoms with Crippen LogP contribution in [-0.4, -0.2) is 10.2 Å². The summed E-state index contributed by atoms with van der Waals surface area (Å²) in [5.41, 5.74) is 1.20. The van der Waals surface area contributed by atoms with E-state index in [-0.39, 0.29) is 5.75 Å². The van der Waals surface area contributed by atoms with E-state index in [2.05, 4.69) is 0 Å². The number of aryl methyl sites for hydroxylation is 1. The summed E-state index contributed by atoms with van der Waals surface area (Å²) in [6.45, 7) is 1.91. The smallest absolute Gasteiger partial charge is 0.116 e. The molecule has 1 aromatic carbocycles. The summed E-state index contributed by atoms with van der Waals surface area (Å²) in [5.74, 6) is 0.241. The molecule has 0 radical (unpaired) electrons. The molecule has 2 heteroatoms. The van der Waals surface area contributed by atoms with E-state index < -0.39 is 5.60 Å². The standard InChI is InChI=1S/C10H12O2/c1-7-4-8(6-9(11)5-7)10(12)2-3-10/h4-6,11-12H,2-3H2,1H3. The van der Waals surface area contributed by atoms with E-state index in [1.165, 1.54) is 0 Å². The lowest BCUT2D eigenvalue weighted by Crippen LogP contribution is -2.03. The van der Waals surface area contributed by atoms with Gasteiger partial charge in [0, 0.05) is 0 Å². The molecule has 2 nitrogen and oxygen atoms in total. The number of aromatic hydroxyl groups is 1. The van der Waals surface area contributed by atoms with Gasteiger partial charge in [-0.3, -0.25) is 0 Å². The molecule has 1 aromatic rings. The first-order valence-corrected chi connectivity index (χ1v) is 4.14. The highest BCUT2D eigenvalue weighted by atomic mass is 16.3. The molecular weight excluding hydrogens is 152 g/mol. The SMILES string of the molecule is Cc1cc(O)cc(C2(O)CC2)c1. The molecule has 0 saturated heterocycles. The topological polar surface area (TPSA) is 40.5 Å². The van der Waals surface area contributed by atoms with Gasteiger partial charge in [0.1, 0.15) is 5.75 Å². The van der Waals surface area contributed by atoms with E-state index in [0.717, 1.165) is 24.0 Å². The molecule has 0 amide bonds. The Morgan fingerprint density at radius 2 is 1.92 bits per heavy atom. The summed E-state index contributed by atoms with van der Waals surface area (Å²) in [7, 11) is 0. The van der Waals surface area contributed by atoms with Gasteiger partial charge in [0.25, 0.3) is 0 Å². The molecule has 1 fully saturated rings. The lowest BCUT2D eigenvalue weighted by atomic mass is 10.0. The molecule has 12 heavy (non-hydrogen) atoms. The number of phenolic OH excluding ortho intramolecular Hbond substituents is 1. The summed E-state index contributed by atoms with van der Waals surface area (Å²) in [5, 5.41) is 19.0. The van der Waals surface area contributed by atoms with Gasteiger partial charge in [0.05, 0.1) is 5.60 Å². The van der Waals surface area contributed by atoms with Gasteiger partial charge in [0.15, 0.2) is 0 Å². The van der Waals surface area contributed by atoms with Crippen LogP contribution in [0.3, 0.4) is 0 Å². The van der Waals surface area contributed by atoms with Crippen molar-refractivity contribution in [1.82, 2.24) is 0 Å². The van der Waals surface area contributed by atoms with E-state index in [9.17, 15) is 10.2 Å². The van der Waals surface area contributed by atoms with E-state index >= 15 is 0 Å². The van der Waals surface area contributed by atoms with Crippen LogP contribution in [0.1, 0.15) is 24.0 Å². The Morgan fingerprint density at radius 1 is 1.25 bits per heavy atom. The maximum Gasteiger partial charge on any atom is 0.116 e. The zero-order valence-corrected chi connectivity index (χ0v) is 7.04. The van der Waals surface area contributed by atoms with Gasteiger partial charge in [-0.25, -0.2) is 0 Å². The fraction of sp³-hybridized carbons (Fsp3) is 0.400. The van der Waals surface area contributed by atoms with Crippen LogP contribution in [0.2, 0.25) is 0 Å². The van der Waals surface area contributed by atoms with Gasteiger partial charge < -0.3 is 10.2 Å². The lowest BCUT2D eigenvalue weighted by Gasteiger charge is -2.09. The highest BCUT2D eigenvalue weighted by Gasteiger charge is 2.42. The molecule has 0 heterocycles. The van der Waals surface area contributed by atoms with Gasteiger partial charge in [-0.1, -0.05) is 6.07 Å². The van der Waals surface area contributed by atoms with Gasteiger partial charge >= 0.3 is 0 Å². The van der Waals surface area contributed by atoms with Crippen molar-refractivity contribution in [2.45, 2.75) is 25.4 Å². The van der Waals surface area contributed by atoms with Crippen LogP contribution >= 0.6 is 0 Å². The molecule has 0 unspecified atom stereocenters. The van der Waals surface area contributed by atoms with Crippen LogP contribution in [0.5, 0.6) is 5.75 Å². The van der Waals surface area contributed by atoms with Crippen molar-refractivity contribution in [2.75, 3.05) is 0 Å². The third kappa shape index (κ3) is 1.18. The van der Waals surface area contributed by atoms with Crippen LogP contribution in [-0.2, 0) is 5.60 Å². The van der Waals surface area contributed by atoms with Crippen molar-refractivity contribution in [3.63, 3.8) is 0 Å². The van der Waals surface area contributed by atoms with Crippen LogP contribution < -0.4 is 0 Å². The van der Waals surface area contributed by atoms with E-state index in [4.69, 9.17) is 0 Å². The molecule has 0 aromatic heterocycles. The molecule has 1 aliphatic carbocycles. The number of benzene rings is 1. The van der Waals surface area contributed by atoms with Crippen LogP contribution in [0, 0.1) is 6.92 Å². The monoisotopic (exact) mass is 164 g/mol. The normalized spacial score (nSPS) is 19.2. The second-order valence-electron chi connectivity index (χ2n) is 3.59. The molecule has 1 saturated carbocycles. The van der Waals surface area contributed by atoms with Gasteiger partial charge in [-0.15, -0.1) is 0 Å². The van der Waals surface area contributed by atoms with Gasteiger partial charge in [-0.2, -0.15) is 0 Å². The maximum atomic E-state index is 9.74. The fourth-order valence-corrected chi connectivity index (χ4v) is 1.44. The average Bonchev–Trinajstić information content (AvgIpc) is 2.67. The largest absolute Gasteiger partial charge is 0.508 e. The van der Waals surface area contributed by atoms with E-state index in [1.807, 2.05) is 13.0 Å². The van der Waals surface area contributed by atoms with Crippen LogP contribution in [0.15, 0.2) is 18.2 Å². The minimum atomic E-state index is -0.635.